The molecule has 0 bridgehead atoms. The van der Waals surface area contributed by atoms with E-state index in [1.807, 2.05) is 25.8 Å². The lowest BCUT2D eigenvalue weighted by atomic mass is 10.1. The third kappa shape index (κ3) is 4.44. The van der Waals surface area contributed by atoms with Crippen molar-refractivity contribution in [1.29, 1.82) is 0 Å². The van der Waals surface area contributed by atoms with E-state index in [0.717, 1.165) is 5.69 Å². The van der Waals surface area contributed by atoms with Crippen molar-refractivity contribution in [3.05, 3.63) is 30.1 Å². The molecular formula is C17H24FN3O3. The summed E-state index contributed by atoms with van der Waals surface area (Å²) in [5.74, 6) is -0.255. The van der Waals surface area contributed by atoms with Crippen LogP contribution in [0.25, 0.3) is 0 Å². The van der Waals surface area contributed by atoms with Crippen molar-refractivity contribution >= 4 is 18.1 Å². The summed E-state index contributed by atoms with van der Waals surface area (Å²) >= 11 is 0. The third-order valence-corrected chi connectivity index (χ3v) is 3.81. The van der Waals surface area contributed by atoms with E-state index in [1.165, 1.54) is 12.1 Å². The van der Waals surface area contributed by atoms with Crippen LogP contribution in [0.1, 0.15) is 20.8 Å². The summed E-state index contributed by atoms with van der Waals surface area (Å²) in [4.78, 5) is 24.9. The van der Waals surface area contributed by atoms with E-state index in [1.54, 1.807) is 17.1 Å². The van der Waals surface area contributed by atoms with E-state index in [0.29, 0.717) is 32.5 Å². The standard InChI is InChI=1S/C17H24FN3O3/c1-17(2,3)21(16(23)24-13-12-22)20-10-8-19(9-11-20)15-6-4-14(18)5-7-15/h4-7,12H,8-11,13H2,1-3H3. The predicted octanol–water partition coefficient (Wildman–Crippen LogP) is 2.30. The number of carbonyl (C=O) groups is 2. The van der Waals surface area contributed by atoms with Crippen molar-refractivity contribution < 1.29 is 18.7 Å². The smallest absolute Gasteiger partial charge is 0.425 e. The first-order chi connectivity index (χ1) is 11.3. The number of amides is 1. The van der Waals surface area contributed by atoms with Crippen LogP contribution in [0.3, 0.4) is 0 Å². The second kappa shape index (κ2) is 7.61. The van der Waals surface area contributed by atoms with Crippen molar-refractivity contribution in [3.8, 4) is 0 Å². The average molecular weight is 337 g/mol. The molecule has 2 rings (SSSR count). The van der Waals surface area contributed by atoms with Crippen LogP contribution >= 0.6 is 0 Å². The van der Waals surface area contributed by atoms with Crippen LogP contribution in [0.5, 0.6) is 0 Å². The molecule has 1 saturated heterocycles. The molecule has 1 heterocycles. The van der Waals surface area contributed by atoms with Crippen LogP contribution in [-0.4, -0.2) is 60.7 Å². The van der Waals surface area contributed by atoms with Crippen molar-refractivity contribution in [1.82, 2.24) is 10.0 Å². The number of benzene rings is 1. The topological polar surface area (TPSA) is 53.1 Å². The molecule has 0 unspecified atom stereocenters. The van der Waals surface area contributed by atoms with Gasteiger partial charge in [-0.25, -0.2) is 19.2 Å². The number of halogens is 1. The Morgan fingerprint density at radius 3 is 2.29 bits per heavy atom. The number of ether oxygens (including phenoxy) is 1. The molecular weight excluding hydrogens is 313 g/mol. The highest BCUT2D eigenvalue weighted by Gasteiger charge is 2.35. The van der Waals surface area contributed by atoms with Crippen LogP contribution in [0.4, 0.5) is 14.9 Å². The highest BCUT2D eigenvalue weighted by molar-refractivity contribution is 5.70. The Kier molecular flexibility index (Phi) is 5.77. The molecule has 7 heteroatoms. The van der Waals surface area contributed by atoms with Gasteiger partial charge in [-0.05, 0) is 45.0 Å². The average Bonchev–Trinajstić information content (AvgIpc) is 2.53. The lowest BCUT2D eigenvalue weighted by Crippen LogP contribution is -2.61. The minimum Gasteiger partial charge on any atom is -0.441 e. The number of nitrogens with zero attached hydrogens (tertiary/aromatic N) is 3. The molecule has 0 N–H and O–H groups in total. The first-order valence-corrected chi connectivity index (χ1v) is 7.99. The number of piperazine rings is 1. The van der Waals surface area contributed by atoms with Crippen molar-refractivity contribution in [3.63, 3.8) is 0 Å². The second-order valence-electron chi connectivity index (χ2n) is 6.64. The molecule has 0 spiro atoms. The van der Waals surface area contributed by atoms with Gasteiger partial charge in [0.15, 0.2) is 6.29 Å². The predicted molar refractivity (Wildman–Crippen MR) is 89.2 cm³/mol. The van der Waals surface area contributed by atoms with Crippen molar-refractivity contribution in [2.75, 3.05) is 37.7 Å². The maximum Gasteiger partial charge on any atom is 0.425 e. The number of anilines is 1. The van der Waals surface area contributed by atoms with E-state index in [9.17, 15) is 14.0 Å². The lowest BCUT2D eigenvalue weighted by Gasteiger charge is -2.46. The molecule has 0 atom stereocenters. The molecule has 0 saturated carbocycles. The van der Waals surface area contributed by atoms with Crippen LogP contribution in [0, 0.1) is 5.82 Å². The van der Waals surface area contributed by atoms with Crippen LogP contribution in [-0.2, 0) is 9.53 Å². The Morgan fingerprint density at radius 1 is 1.21 bits per heavy atom. The van der Waals surface area contributed by atoms with E-state index in [2.05, 4.69) is 4.90 Å². The Morgan fingerprint density at radius 2 is 1.79 bits per heavy atom. The SMILES string of the molecule is CC(C)(C)N(C(=O)OCC=O)N1CCN(c2ccc(F)cc2)CC1. The zero-order valence-corrected chi connectivity index (χ0v) is 14.4. The van der Waals surface area contributed by atoms with E-state index >= 15 is 0 Å². The van der Waals surface area contributed by atoms with Crippen LogP contribution < -0.4 is 4.90 Å². The summed E-state index contributed by atoms with van der Waals surface area (Å²) in [5.41, 5.74) is 0.500. The summed E-state index contributed by atoms with van der Waals surface area (Å²) in [6.07, 6.45) is 0.0374. The lowest BCUT2D eigenvalue weighted by molar-refractivity contribution is -0.113. The molecule has 1 aliphatic rings. The molecule has 132 valence electrons. The molecule has 6 nitrogen and oxygen atoms in total. The molecule has 0 aromatic heterocycles. The summed E-state index contributed by atoms with van der Waals surface area (Å²) in [5, 5.41) is 3.51. The maximum absolute atomic E-state index is 13.0. The molecule has 1 amide bonds. The monoisotopic (exact) mass is 337 g/mol. The zero-order valence-electron chi connectivity index (χ0n) is 14.4. The quantitative estimate of drug-likeness (QED) is 0.789. The Balaban J connectivity index is 2.02. The normalized spacial score (nSPS) is 15.9. The Labute approximate surface area is 141 Å². The van der Waals surface area contributed by atoms with E-state index in [-0.39, 0.29) is 12.4 Å². The highest BCUT2D eigenvalue weighted by atomic mass is 19.1. The molecule has 1 fully saturated rings. The fourth-order valence-electron chi connectivity index (χ4n) is 2.79. The summed E-state index contributed by atoms with van der Waals surface area (Å²) in [6, 6.07) is 6.40. The summed E-state index contributed by atoms with van der Waals surface area (Å²) < 4.78 is 18.0. The number of hydrogen-bond acceptors (Lipinski definition) is 5. The molecule has 1 aliphatic heterocycles. The first kappa shape index (κ1) is 18.2. The molecule has 1 aromatic carbocycles. The van der Waals surface area contributed by atoms with Gasteiger partial charge >= 0.3 is 6.09 Å². The number of carbonyl (C=O) groups excluding carboxylic acids is 2. The fraction of sp³-hybridized carbons (Fsp3) is 0.529. The zero-order chi connectivity index (χ0) is 17.7. The maximum atomic E-state index is 13.0. The number of hydrogen-bond donors (Lipinski definition) is 0. The number of hydrazine groups is 1. The van der Waals surface area contributed by atoms with Gasteiger partial charge < -0.3 is 9.64 Å². The van der Waals surface area contributed by atoms with Crippen LogP contribution in [0.15, 0.2) is 24.3 Å². The van der Waals surface area contributed by atoms with E-state index < -0.39 is 11.6 Å². The van der Waals surface area contributed by atoms with Gasteiger partial charge in [0, 0.05) is 31.9 Å². The minimum atomic E-state index is -0.523. The van der Waals surface area contributed by atoms with Gasteiger partial charge in [-0.1, -0.05) is 0 Å². The van der Waals surface area contributed by atoms with Gasteiger partial charge in [0.05, 0.1) is 5.54 Å². The largest absolute Gasteiger partial charge is 0.441 e. The number of aldehydes is 1. The third-order valence-electron chi connectivity index (χ3n) is 3.81. The van der Waals surface area contributed by atoms with E-state index in [4.69, 9.17) is 4.74 Å². The number of rotatable bonds is 4. The fourth-order valence-corrected chi connectivity index (χ4v) is 2.79. The first-order valence-electron chi connectivity index (χ1n) is 7.99. The summed E-state index contributed by atoms with van der Waals surface area (Å²) in [6.45, 7) is 8.18. The molecule has 1 aromatic rings. The molecule has 0 radical (unpaired) electrons. The second-order valence-corrected chi connectivity index (χ2v) is 6.64. The summed E-state index contributed by atoms with van der Waals surface area (Å²) in [7, 11) is 0. The Bertz CT molecular complexity index is 563. The van der Waals surface area contributed by atoms with Crippen LogP contribution in [0.2, 0.25) is 0 Å². The minimum absolute atomic E-state index is 0.249. The van der Waals surface area contributed by atoms with Gasteiger partial charge in [0.1, 0.15) is 12.4 Å². The molecule has 0 aliphatic carbocycles. The van der Waals surface area contributed by atoms with Crippen molar-refractivity contribution in [2.45, 2.75) is 26.3 Å². The van der Waals surface area contributed by atoms with Gasteiger partial charge in [-0.2, -0.15) is 0 Å². The van der Waals surface area contributed by atoms with Gasteiger partial charge in [-0.15, -0.1) is 0 Å². The molecule has 24 heavy (non-hydrogen) atoms. The van der Waals surface area contributed by atoms with Gasteiger partial charge in [0.25, 0.3) is 0 Å². The Hall–Kier alpha value is -2.15. The highest BCUT2D eigenvalue weighted by Crippen LogP contribution is 2.22. The van der Waals surface area contributed by atoms with Gasteiger partial charge in [0.2, 0.25) is 0 Å². The van der Waals surface area contributed by atoms with Crippen molar-refractivity contribution in [2.24, 2.45) is 0 Å². The van der Waals surface area contributed by atoms with Gasteiger partial charge in [-0.3, -0.25) is 4.79 Å².